The van der Waals surface area contributed by atoms with Crippen LogP contribution >= 0.6 is 0 Å². The molecule has 0 amide bonds. The molecule has 1 aliphatic rings. The first-order valence-electron chi connectivity index (χ1n) is 24.7. The maximum Gasteiger partial charge on any atom is 0.133 e. The molecule has 1 aliphatic carbocycles. The van der Waals surface area contributed by atoms with Crippen molar-refractivity contribution >= 4 is 64.6 Å². The van der Waals surface area contributed by atoms with Crippen LogP contribution in [0.3, 0.4) is 0 Å². The van der Waals surface area contributed by atoms with Gasteiger partial charge in [-0.25, -0.2) is 17.6 Å². The molecule has 13 aromatic carbocycles. The fourth-order valence-corrected chi connectivity index (χ4v) is 12.6. The zero-order chi connectivity index (χ0) is 49.3. The second-order valence-electron chi connectivity index (χ2n) is 19.9. The minimum Gasteiger partial charge on any atom is -0.207 e. The van der Waals surface area contributed by atoms with Gasteiger partial charge in [0.1, 0.15) is 23.3 Å². The van der Waals surface area contributed by atoms with Crippen molar-refractivity contribution < 1.29 is 17.6 Å². The van der Waals surface area contributed by atoms with Gasteiger partial charge in [0.05, 0.1) is 0 Å². The molecule has 13 aromatic rings. The molecule has 0 heterocycles. The second kappa shape index (κ2) is 16.1. The highest BCUT2D eigenvalue weighted by Crippen LogP contribution is 2.55. The Balaban J connectivity index is 0.955. The van der Waals surface area contributed by atoms with Gasteiger partial charge in [-0.1, -0.05) is 184 Å². The molecule has 0 saturated carbocycles. The first-order chi connectivity index (χ1) is 35.7. The Morgan fingerprint density at radius 3 is 0.767 bits per heavy atom. The first-order valence-corrected chi connectivity index (χ1v) is 24.7. The maximum atomic E-state index is 15.9. The van der Waals surface area contributed by atoms with Crippen molar-refractivity contribution in [3.63, 3.8) is 0 Å². The molecule has 0 N–H and O–H groups in total. The van der Waals surface area contributed by atoms with Crippen molar-refractivity contribution in [2.75, 3.05) is 0 Å². The molecule has 0 nitrogen and oxygen atoms in total. The summed E-state index contributed by atoms with van der Waals surface area (Å²) >= 11 is 0. The monoisotopic (exact) mass is 946 g/mol. The van der Waals surface area contributed by atoms with E-state index in [1.807, 2.05) is 72.8 Å². The van der Waals surface area contributed by atoms with Gasteiger partial charge in [-0.2, -0.15) is 0 Å². The molecule has 0 radical (unpaired) electrons. The number of halogens is 4. The summed E-state index contributed by atoms with van der Waals surface area (Å²) in [5.41, 5.74) is 13.3. The van der Waals surface area contributed by atoms with Gasteiger partial charge in [-0.3, -0.25) is 0 Å². The zero-order valence-electron chi connectivity index (χ0n) is 39.8. The highest BCUT2D eigenvalue weighted by atomic mass is 19.1. The molecule has 0 atom stereocenters. The Hall–Kier alpha value is -8.86. The smallest absolute Gasteiger partial charge is 0.133 e. The summed E-state index contributed by atoms with van der Waals surface area (Å²) in [6, 6.07) is 71.6. The van der Waals surface area contributed by atoms with E-state index in [1.54, 1.807) is 12.1 Å². The van der Waals surface area contributed by atoms with Crippen LogP contribution in [-0.4, -0.2) is 0 Å². The van der Waals surface area contributed by atoms with Crippen molar-refractivity contribution in [3.05, 3.63) is 253 Å². The summed E-state index contributed by atoms with van der Waals surface area (Å²) in [6.07, 6.45) is 0. The Bertz CT molecular complexity index is 4350. The predicted octanol–water partition coefficient (Wildman–Crippen LogP) is 19.8. The SMILES string of the molecule is CC1(C)c2cc(-c3c4ccccc4c(-c4ccc(F)cc4F)c4ccccc34)ccc2-c2ccc(-c3c4ccccc4c(-c4c5ccccc5c(-c5ccc(F)cc5F)c5ccccc45)c4ccccc34)cc21. The standard InChI is InChI=1S/C69H42F4/c1-69(2)59-35-39(63-45-15-3-7-19-49(45)65(50-20-8-4-16-46(50)63)57-33-29-41(70)37-61(57)72)27-31-43(59)44-32-28-40(36-60(44)69)64-47-17-5-11-23-53(47)67(54-24-12-6-18-48(54)64)68-55-25-13-9-21-51(55)66(52-22-10-14-26-56(52)68)58-34-30-42(71)38-62(58)73/h3-38H,1-2H3. The highest BCUT2D eigenvalue weighted by molar-refractivity contribution is 6.30. The van der Waals surface area contributed by atoms with E-state index in [-0.39, 0.29) is 5.41 Å². The topological polar surface area (TPSA) is 0 Å². The van der Waals surface area contributed by atoms with Gasteiger partial charge >= 0.3 is 0 Å². The van der Waals surface area contributed by atoms with Crippen LogP contribution in [0.2, 0.25) is 0 Å². The molecular formula is C69H42F4. The second-order valence-corrected chi connectivity index (χ2v) is 19.9. The Kier molecular flexibility index (Phi) is 9.46. The fourth-order valence-electron chi connectivity index (χ4n) is 12.6. The summed E-state index contributed by atoms with van der Waals surface area (Å²) in [5.74, 6) is -2.40. The van der Waals surface area contributed by atoms with E-state index >= 15 is 8.78 Å². The number of hydrogen-bond acceptors (Lipinski definition) is 0. The van der Waals surface area contributed by atoms with Gasteiger partial charge in [-0.15, -0.1) is 0 Å². The Morgan fingerprint density at radius 1 is 0.247 bits per heavy atom. The van der Waals surface area contributed by atoms with Gasteiger partial charge < -0.3 is 0 Å². The lowest BCUT2D eigenvalue weighted by Gasteiger charge is -2.24. The summed E-state index contributed by atoms with van der Waals surface area (Å²) in [5, 5.41) is 12.0. The van der Waals surface area contributed by atoms with Crippen LogP contribution < -0.4 is 0 Å². The number of hydrogen-bond donors (Lipinski definition) is 0. The normalized spacial score (nSPS) is 12.9. The van der Waals surface area contributed by atoms with Gasteiger partial charge in [0.2, 0.25) is 0 Å². The van der Waals surface area contributed by atoms with Crippen molar-refractivity contribution in [1.29, 1.82) is 0 Å². The predicted molar refractivity (Wildman–Crippen MR) is 296 cm³/mol. The molecule has 0 aromatic heterocycles. The van der Waals surface area contributed by atoms with E-state index in [0.717, 1.165) is 121 Å². The van der Waals surface area contributed by atoms with Crippen molar-refractivity contribution in [2.45, 2.75) is 19.3 Å². The van der Waals surface area contributed by atoms with Crippen LogP contribution in [0.4, 0.5) is 17.6 Å². The van der Waals surface area contributed by atoms with Crippen LogP contribution in [0.15, 0.2) is 218 Å². The number of rotatable bonds is 5. The van der Waals surface area contributed by atoms with Crippen LogP contribution in [0.5, 0.6) is 0 Å². The highest BCUT2D eigenvalue weighted by Gasteiger charge is 2.37. The van der Waals surface area contributed by atoms with E-state index in [9.17, 15) is 8.78 Å². The average Bonchev–Trinajstić information content (AvgIpc) is 3.64. The van der Waals surface area contributed by atoms with Crippen LogP contribution in [0, 0.1) is 23.3 Å². The van der Waals surface area contributed by atoms with E-state index < -0.39 is 23.3 Å². The lowest BCUT2D eigenvalue weighted by molar-refractivity contribution is 0.585. The first kappa shape index (κ1) is 43.0. The van der Waals surface area contributed by atoms with E-state index in [2.05, 4.69) is 123 Å². The minimum absolute atomic E-state index is 0.361. The molecule has 346 valence electrons. The molecule has 0 aliphatic heterocycles. The van der Waals surface area contributed by atoms with E-state index in [0.29, 0.717) is 11.1 Å². The summed E-state index contributed by atoms with van der Waals surface area (Å²) in [7, 11) is 0. The number of fused-ring (bicyclic) bond motifs is 9. The van der Waals surface area contributed by atoms with Crippen LogP contribution in [0.1, 0.15) is 25.0 Å². The fraction of sp³-hybridized carbons (Fsp3) is 0.0435. The molecule has 0 unspecified atom stereocenters. The van der Waals surface area contributed by atoms with Crippen LogP contribution in [0.25, 0.3) is 131 Å². The summed E-state index contributed by atoms with van der Waals surface area (Å²) in [4.78, 5) is 0. The van der Waals surface area contributed by atoms with E-state index in [1.165, 1.54) is 34.4 Å². The van der Waals surface area contributed by atoms with Gasteiger partial charge in [0, 0.05) is 39.8 Å². The quantitative estimate of drug-likeness (QED) is 0.119. The maximum absolute atomic E-state index is 15.9. The average molecular weight is 947 g/mol. The third-order valence-corrected chi connectivity index (χ3v) is 15.7. The zero-order valence-corrected chi connectivity index (χ0v) is 39.8. The third-order valence-electron chi connectivity index (χ3n) is 15.7. The molecule has 0 fully saturated rings. The summed E-state index contributed by atoms with van der Waals surface area (Å²) in [6.45, 7) is 4.64. The van der Waals surface area contributed by atoms with Crippen molar-refractivity contribution in [3.8, 4) is 66.8 Å². The van der Waals surface area contributed by atoms with Crippen LogP contribution in [-0.2, 0) is 5.41 Å². The largest absolute Gasteiger partial charge is 0.207 e. The molecule has 0 spiro atoms. The van der Waals surface area contributed by atoms with Gasteiger partial charge in [0.25, 0.3) is 0 Å². The van der Waals surface area contributed by atoms with Crippen molar-refractivity contribution in [1.82, 2.24) is 0 Å². The molecular weight excluding hydrogens is 905 g/mol. The summed E-state index contributed by atoms with van der Waals surface area (Å²) < 4.78 is 60.2. The van der Waals surface area contributed by atoms with Crippen molar-refractivity contribution in [2.24, 2.45) is 0 Å². The Labute approximate surface area is 419 Å². The molecule has 73 heavy (non-hydrogen) atoms. The molecule has 4 heteroatoms. The molecule has 0 bridgehead atoms. The molecule has 14 rings (SSSR count). The number of benzene rings is 13. The third kappa shape index (κ3) is 6.33. The lowest BCUT2D eigenvalue weighted by atomic mass is 9.78. The lowest BCUT2D eigenvalue weighted by Crippen LogP contribution is -2.15. The molecule has 0 saturated heterocycles. The minimum atomic E-state index is -0.610. The van der Waals surface area contributed by atoms with Gasteiger partial charge in [-0.05, 0) is 157 Å². The Morgan fingerprint density at radius 2 is 0.493 bits per heavy atom. The van der Waals surface area contributed by atoms with Gasteiger partial charge in [0.15, 0.2) is 0 Å². The van der Waals surface area contributed by atoms with E-state index in [4.69, 9.17) is 0 Å².